The van der Waals surface area contributed by atoms with Crippen LogP contribution in [0.1, 0.15) is 32.6 Å². The van der Waals surface area contributed by atoms with Gasteiger partial charge in [-0.25, -0.2) is 0 Å². The predicted molar refractivity (Wildman–Crippen MR) is 114 cm³/mol. The quantitative estimate of drug-likeness (QED) is 0.190. The molecule has 2 rings (SSSR count). The molecule has 0 aromatic rings. The van der Waals surface area contributed by atoms with Gasteiger partial charge >= 0.3 is 0 Å². The van der Waals surface area contributed by atoms with Gasteiger partial charge in [-0.1, -0.05) is 0 Å². The largest absolute Gasteiger partial charge is 0.381 e. The highest BCUT2D eigenvalue weighted by molar-refractivity contribution is 14.0. The number of guanidine groups is 1. The number of hydrogen-bond acceptors (Lipinski definition) is 5. The van der Waals surface area contributed by atoms with Gasteiger partial charge in [-0.3, -0.25) is 4.99 Å². The summed E-state index contributed by atoms with van der Waals surface area (Å²) in [6.07, 6.45) is 4.35. The molecule has 2 aliphatic heterocycles. The Bertz CT molecular complexity index is 362. The van der Waals surface area contributed by atoms with E-state index in [1.54, 1.807) is 0 Å². The fraction of sp³-hybridized carbons (Fsp3) is 0.944. The summed E-state index contributed by atoms with van der Waals surface area (Å²) in [6.45, 7) is 10.2. The highest BCUT2D eigenvalue weighted by atomic mass is 127. The lowest BCUT2D eigenvalue weighted by Gasteiger charge is -2.13. The molecule has 2 heterocycles. The molecule has 0 aromatic heterocycles. The van der Waals surface area contributed by atoms with E-state index in [9.17, 15) is 0 Å². The minimum Gasteiger partial charge on any atom is -0.381 e. The van der Waals surface area contributed by atoms with Gasteiger partial charge in [0.25, 0.3) is 0 Å². The summed E-state index contributed by atoms with van der Waals surface area (Å²) in [5.41, 5.74) is 0. The summed E-state index contributed by atoms with van der Waals surface area (Å²) in [5.74, 6) is 1.45. The molecule has 2 fully saturated rings. The van der Waals surface area contributed by atoms with E-state index < -0.39 is 0 Å². The van der Waals surface area contributed by atoms with Gasteiger partial charge in [0, 0.05) is 52.0 Å². The Morgan fingerprint density at radius 3 is 2.65 bits per heavy atom. The van der Waals surface area contributed by atoms with Gasteiger partial charge in [-0.05, 0) is 32.6 Å². The molecule has 0 amide bonds. The fourth-order valence-electron chi connectivity index (χ4n) is 2.84. The van der Waals surface area contributed by atoms with Crippen LogP contribution in [0.5, 0.6) is 0 Å². The fourth-order valence-corrected chi connectivity index (χ4v) is 2.84. The summed E-state index contributed by atoms with van der Waals surface area (Å²) in [4.78, 5) is 4.59. The van der Waals surface area contributed by atoms with Gasteiger partial charge < -0.3 is 29.6 Å². The summed E-state index contributed by atoms with van der Waals surface area (Å²) in [5, 5.41) is 6.62. The molecule has 2 saturated heterocycles. The summed E-state index contributed by atoms with van der Waals surface area (Å²) in [7, 11) is 0. The van der Waals surface area contributed by atoms with Crippen molar-refractivity contribution in [1.29, 1.82) is 0 Å². The third-order valence-electron chi connectivity index (χ3n) is 4.29. The Labute approximate surface area is 175 Å². The van der Waals surface area contributed by atoms with Crippen LogP contribution in [0.2, 0.25) is 0 Å². The van der Waals surface area contributed by atoms with E-state index in [1.807, 2.05) is 0 Å². The van der Waals surface area contributed by atoms with E-state index in [0.717, 1.165) is 97.5 Å². The number of ether oxygens (including phenoxy) is 4. The lowest BCUT2D eigenvalue weighted by Crippen LogP contribution is -2.38. The van der Waals surface area contributed by atoms with E-state index in [0.29, 0.717) is 5.92 Å². The normalized spacial score (nSPS) is 23.0. The zero-order chi connectivity index (χ0) is 17.6. The molecule has 2 atom stereocenters. The van der Waals surface area contributed by atoms with Crippen LogP contribution in [0.15, 0.2) is 4.99 Å². The summed E-state index contributed by atoms with van der Waals surface area (Å²) in [6, 6.07) is 0. The van der Waals surface area contributed by atoms with Crippen LogP contribution < -0.4 is 10.6 Å². The van der Waals surface area contributed by atoms with Crippen LogP contribution in [-0.2, 0) is 18.9 Å². The SMILES string of the molecule is CCNC(=NCCCOCC1CCOC1)NCCCOC1CCOC1.I. The standard InChI is InChI=1S/C18H35N3O4.HI/c1-2-19-18(21-8-4-10-25-17-6-12-24-15-17)20-7-3-9-22-13-16-5-11-23-14-16;/h16-17H,2-15H2,1H3,(H2,19,20,21);1H. The molecular weight excluding hydrogens is 449 g/mol. The number of aliphatic imine (C=N–C) groups is 1. The molecule has 2 N–H and O–H groups in total. The van der Waals surface area contributed by atoms with Gasteiger partial charge in [0.05, 0.1) is 25.9 Å². The molecular formula is C18H36IN3O4. The van der Waals surface area contributed by atoms with Crippen molar-refractivity contribution in [2.24, 2.45) is 10.9 Å². The van der Waals surface area contributed by atoms with Crippen LogP contribution in [0.4, 0.5) is 0 Å². The van der Waals surface area contributed by atoms with Crippen LogP contribution >= 0.6 is 24.0 Å². The average molecular weight is 485 g/mol. The number of rotatable bonds is 12. The number of nitrogens with one attached hydrogen (secondary N) is 2. The van der Waals surface area contributed by atoms with Crippen LogP contribution in [0.25, 0.3) is 0 Å². The first-order valence-corrected chi connectivity index (χ1v) is 9.75. The van der Waals surface area contributed by atoms with Crippen molar-refractivity contribution in [2.75, 3.05) is 65.9 Å². The lowest BCUT2D eigenvalue weighted by molar-refractivity contribution is 0.0420. The van der Waals surface area contributed by atoms with Crippen molar-refractivity contribution in [2.45, 2.75) is 38.7 Å². The third-order valence-corrected chi connectivity index (χ3v) is 4.29. The predicted octanol–water partition coefficient (Wildman–Crippen LogP) is 1.80. The van der Waals surface area contributed by atoms with Gasteiger partial charge in [0.15, 0.2) is 5.96 Å². The van der Waals surface area contributed by atoms with Crippen LogP contribution in [-0.4, -0.2) is 77.9 Å². The highest BCUT2D eigenvalue weighted by Gasteiger charge is 2.15. The molecule has 2 unspecified atom stereocenters. The molecule has 8 heteroatoms. The van der Waals surface area contributed by atoms with Crippen LogP contribution in [0.3, 0.4) is 0 Å². The molecule has 0 saturated carbocycles. The Kier molecular flexibility index (Phi) is 14.6. The molecule has 154 valence electrons. The van der Waals surface area contributed by atoms with Crippen molar-refractivity contribution in [3.8, 4) is 0 Å². The highest BCUT2D eigenvalue weighted by Crippen LogP contribution is 2.12. The first-order chi connectivity index (χ1) is 12.4. The first kappa shape index (κ1) is 23.9. The van der Waals surface area contributed by atoms with Gasteiger partial charge in [-0.15, -0.1) is 24.0 Å². The Morgan fingerprint density at radius 1 is 1.08 bits per heavy atom. The van der Waals surface area contributed by atoms with E-state index in [4.69, 9.17) is 18.9 Å². The number of nitrogens with zero attached hydrogens (tertiary/aromatic N) is 1. The summed E-state index contributed by atoms with van der Waals surface area (Å²) >= 11 is 0. The summed E-state index contributed by atoms with van der Waals surface area (Å²) < 4.78 is 22.1. The van der Waals surface area contributed by atoms with Crippen molar-refractivity contribution in [3.05, 3.63) is 0 Å². The molecule has 7 nitrogen and oxygen atoms in total. The van der Waals surface area contributed by atoms with Crippen molar-refractivity contribution < 1.29 is 18.9 Å². The molecule has 26 heavy (non-hydrogen) atoms. The molecule has 0 bridgehead atoms. The smallest absolute Gasteiger partial charge is 0.191 e. The van der Waals surface area contributed by atoms with E-state index >= 15 is 0 Å². The van der Waals surface area contributed by atoms with Crippen molar-refractivity contribution in [1.82, 2.24) is 10.6 Å². The van der Waals surface area contributed by atoms with E-state index in [1.165, 1.54) is 0 Å². The Morgan fingerprint density at radius 2 is 1.92 bits per heavy atom. The number of hydrogen-bond donors (Lipinski definition) is 2. The van der Waals surface area contributed by atoms with E-state index in [-0.39, 0.29) is 30.1 Å². The Balaban J connectivity index is 0.00000338. The lowest BCUT2D eigenvalue weighted by atomic mass is 10.1. The monoisotopic (exact) mass is 485 g/mol. The second-order valence-corrected chi connectivity index (χ2v) is 6.56. The van der Waals surface area contributed by atoms with Gasteiger partial charge in [0.2, 0.25) is 0 Å². The zero-order valence-corrected chi connectivity index (χ0v) is 18.4. The molecule has 0 aromatic carbocycles. The van der Waals surface area contributed by atoms with Crippen LogP contribution in [0, 0.1) is 5.92 Å². The van der Waals surface area contributed by atoms with E-state index in [2.05, 4.69) is 22.5 Å². The van der Waals surface area contributed by atoms with Gasteiger partial charge in [0.1, 0.15) is 0 Å². The minimum absolute atomic E-state index is 0. The number of halogens is 1. The second kappa shape index (κ2) is 15.9. The third kappa shape index (κ3) is 10.9. The second-order valence-electron chi connectivity index (χ2n) is 6.56. The maximum absolute atomic E-state index is 5.76. The van der Waals surface area contributed by atoms with Crippen molar-refractivity contribution >= 4 is 29.9 Å². The molecule has 0 aliphatic carbocycles. The maximum atomic E-state index is 5.76. The maximum Gasteiger partial charge on any atom is 0.191 e. The topological polar surface area (TPSA) is 73.3 Å². The molecule has 2 aliphatic rings. The molecule has 0 radical (unpaired) electrons. The zero-order valence-electron chi connectivity index (χ0n) is 16.0. The first-order valence-electron chi connectivity index (χ1n) is 9.75. The van der Waals surface area contributed by atoms with Crippen molar-refractivity contribution in [3.63, 3.8) is 0 Å². The van der Waals surface area contributed by atoms with Gasteiger partial charge in [-0.2, -0.15) is 0 Å². The average Bonchev–Trinajstić information content (AvgIpc) is 3.31. The Hall–Kier alpha value is -0.160. The molecule has 0 spiro atoms. The minimum atomic E-state index is 0.